The van der Waals surface area contributed by atoms with Crippen LogP contribution in [-0.4, -0.2) is 61.7 Å². The molecule has 1 fully saturated rings. The number of aryl methyl sites for hydroxylation is 2. The Morgan fingerprint density at radius 1 is 1.13 bits per heavy atom. The summed E-state index contributed by atoms with van der Waals surface area (Å²) in [5.74, 6) is -0.785. The molecule has 0 saturated carbocycles. The molecule has 3 aromatic rings. The number of carbonyl (C=O) groups excluding carboxylic acids is 3. The van der Waals surface area contributed by atoms with Crippen LogP contribution in [0.5, 0.6) is 0 Å². The second-order valence-electron chi connectivity index (χ2n) is 10.3. The van der Waals surface area contributed by atoms with Gasteiger partial charge in [0.25, 0.3) is 11.8 Å². The predicted molar refractivity (Wildman–Crippen MR) is 149 cm³/mol. The van der Waals surface area contributed by atoms with Crippen molar-refractivity contribution in [3.8, 4) is 0 Å². The lowest BCUT2D eigenvalue weighted by atomic mass is 9.97. The van der Waals surface area contributed by atoms with E-state index in [0.717, 1.165) is 16.7 Å². The maximum atomic E-state index is 13.7. The number of hydrogen-bond donors (Lipinski definition) is 3. The lowest BCUT2D eigenvalue weighted by molar-refractivity contribution is -0.147. The Balaban J connectivity index is 1.53. The van der Waals surface area contributed by atoms with Crippen molar-refractivity contribution in [2.75, 3.05) is 5.88 Å². The average molecular weight is 551 g/mol. The van der Waals surface area contributed by atoms with Gasteiger partial charge in [0, 0.05) is 17.4 Å². The molecule has 3 unspecified atom stereocenters. The van der Waals surface area contributed by atoms with Crippen molar-refractivity contribution in [1.82, 2.24) is 20.7 Å². The quantitative estimate of drug-likeness (QED) is 0.374. The highest BCUT2D eigenvalue weighted by molar-refractivity contribution is 8.00. The molecule has 3 amide bonds. The van der Waals surface area contributed by atoms with Gasteiger partial charge < -0.3 is 25.2 Å². The van der Waals surface area contributed by atoms with Crippen molar-refractivity contribution in [2.45, 2.75) is 63.6 Å². The molecule has 0 aliphatic carbocycles. The summed E-state index contributed by atoms with van der Waals surface area (Å²) in [6.45, 7) is 7.79. The highest BCUT2D eigenvalue weighted by Crippen LogP contribution is 2.40. The van der Waals surface area contributed by atoms with E-state index in [4.69, 9.17) is 4.52 Å². The van der Waals surface area contributed by atoms with Crippen LogP contribution in [0.3, 0.4) is 0 Å². The number of nitrogens with zero attached hydrogens (tertiary/aromatic N) is 2. The van der Waals surface area contributed by atoms with Gasteiger partial charge in [-0.3, -0.25) is 14.4 Å². The Morgan fingerprint density at radius 3 is 2.49 bits per heavy atom. The minimum Gasteiger partial charge on any atom is -0.381 e. The topological polar surface area (TPSA) is 125 Å². The number of amides is 3. The third kappa shape index (κ3) is 6.69. The molecule has 1 aliphatic rings. The molecule has 1 aliphatic heterocycles. The normalized spacial score (nSPS) is 17.9. The number of aliphatic hydroxyl groups excluding tert-OH is 1. The van der Waals surface area contributed by atoms with Gasteiger partial charge in [-0.05, 0) is 50.8 Å². The second-order valence-corrected chi connectivity index (χ2v) is 11.9. The molecule has 9 nitrogen and oxygen atoms in total. The molecular formula is C29H34N4O5S. The Hall–Kier alpha value is -3.63. The summed E-state index contributed by atoms with van der Waals surface area (Å²) in [4.78, 5) is 41.4. The van der Waals surface area contributed by atoms with E-state index in [0.29, 0.717) is 12.3 Å². The molecule has 0 radical (unpaired) electrons. The number of rotatable bonds is 9. The highest BCUT2D eigenvalue weighted by atomic mass is 32.2. The Labute approximate surface area is 232 Å². The van der Waals surface area contributed by atoms with Crippen LogP contribution in [0.1, 0.15) is 46.8 Å². The van der Waals surface area contributed by atoms with Gasteiger partial charge in [0.05, 0.1) is 11.9 Å². The van der Waals surface area contributed by atoms with Gasteiger partial charge in [-0.1, -0.05) is 59.8 Å². The molecule has 3 atom stereocenters. The molecule has 10 heteroatoms. The van der Waals surface area contributed by atoms with Crippen LogP contribution in [0.4, 0.5) is 0 Å². The van der Waals surface area contributed by atoms with Crippen LogP contribution < -0.4 is 10.6 Å². The number of thioether (sulfide) groups is 1. The van der Waals surface area contributed by atoms with Gasteiger partial charge >= 0.3 is 0 Å². The standard InChI is InChI=1S/C29H34N4O5S/c1-18-10-8-9-13-21(18)16-30-27(36)25-29(3,4)39-17-33(25)28(37)24(34)22(15-20-11-6-5-7-12-20)31-26(35)23-14-19(2)38-32-23/h5-14,22,24-25,34H,15-17H2,1-4H3,(H,30,36)(H,31,35). The number of hydrogen-bond acceptors (Lipinski definition) is 7. The van der Waals surface area contributed by atoms with Crippen molar-refractivity contribution in [1.29, 1.82) is 0 Å². The summed E-state index contributed by atoms with van der Waals surface area (Å²) in [6, 6.07) is 16.8. The molecular weight excluding hydrogens is 516 g/mol. The molecule has 39 heavy (non-hydrogen) atoms. The maximum Gasteiger partial charge on any atom is 0.273 e. The van der Waals surface area contributed by atoms with Crippen LogP contribution in [0, 0.1) is 13.8 Å². The van der Waals surface area contributed by atoms with Gasteiger partial charge in [0.1, 0.15) is 11.8 Å². The first kappa shape index (κ1) is 28.4. The number of aromatic nitrogens is 1. The molecule has 3 N–H and O–H groups in total. The minimum absolute atomic E-state index is 0.0523. The Kier molecular flexibility index (Phi) is 8.76. The zero-order chi connectivity index (χ0) is 28.2. The van der Waals surface area contributed by atoms with E-state index in [9.17, 15) is 19.5 Å². The third-order valence-electron chi connectivity index (χ3n) is 6.90. The molecule has 2 aromatic carbocycles. The van der Waals surface area contributed by atoms with E-state index < -0.39 is 34.7 Å². The predicted octanol–water partition coefficient (Wildman–Crippen LogP) is 2.99. The number of benzene rings is 2. The first-order chi connectivity index (χ1) is 18.6. The largest absolute Gasteiger partial charge is 0.381 e. The SMILES string of the molecule is Cc1cc(C(=O)NC(Cc2ccccc2)C(O)C(=O)N2CSC(C)(C)C2C(=O)NCc2ccccc2C)no1. The Morgan fingerprint density at radius 2 is 1.82 bits per heavy atom. The van der Waals surface area contributed by atoms with E-state index in [-0.39, 0.29) is 23.9 Å². The number of nitrogens with one attached hydrogen (secondary N) is 2. The molecule has 0 spiro atoms. The molecule has 2 heterocycles. The maximum absolute atomic E-state index is 13.7. The van der Waals surface area contributed by atoms with Gasteiger partial charge in [-0.25, -0.2) is 0 Å². The first-order valence-electron chi connectivity index (χ1n) is 12.8. The van der Waals surface area contributed by atoms with Crippen LogP contribution in [-0.2, 0) is 22.6 Å². The zero-order valence-corrected chi connectivity index (χ0v) is 23.3. The average Bonchev–Trinajstić information content (AvgIpc) is 3.49. The van der Waals surface area contributed by atoms with Crippen LogP contribution in [0.15, 0.2) is 65.2 Å². The monoisotopic (exact) mass is 550 g/mol. The summed E-state index contributed by atoms with van der Waals surface area (Å²) in [5, 5.41) is 20.8. The van der Waals surface area contributed by atoms with Gasteiger partial charge in [-0.2, -0.15) is 0 Å². The van der Waals surface area contributed by atoms with Crippen LogP contribution >= 0.6 is 11.8 Å². The summed E-state index contributed by atoms with van der Waals surface area (Å²) < 4.78 is 4.42. The van der Waals surface area contributed by atoms with Crippen molar-refractivity contribution in [3.63, 3.8) is 0 Å². The summed E-state index contributed by atoms with van der Waals surface area (Å²) >= 11 is 1.47. The van der Waals surface area contributed by atoms with E-state index in [2.05, 4.69) is 15.8 Å². The molecule has 0 bridgehead atoms. The van der Waals surface area contributed by atoms with Crippen LogP contribution in [0.2, 0.25) is 0 Å². The van der Waals surface area contributed by atoms with E-state index in [1.807, 2.05) is 75.4 Å². The fourth-order valence-corrected chi connectivity index (χ4v) is 5.81. The van der Waals surface area contributed by atoms with Crippen molar-refractivity contribution >= 4 is 29.5 Å². The number of carbonyl (C=O) groups is 3. The molecule has 206 valence electrons. The smallest absolute Gasteiger partial charge is 0.273 e. The third-order valence-corrected chi connectivity index (χ3v) is 8.28. The van der Waals surface area contributed by atoms with Crippen molar-refractivity contribution in [2.24, 2.45) is 0 Å². The Bertz CT molecular complexity index is 1330. The van der Waals surface area contributed by atoms with Crippen LogP contribution in [0.25, 0.3) is 0 Å². The van der Waals surface area contributed by atoms with E-state index in [1.165, 1.54) is 22.7 Å². The molecule has 1 aromatic heterocycles. The minimum atomic E-state index is -1.59. The number of aliphatic hydroxyl groups is 1. The lowest BCUT2D eigenvalue weighted by Crippen LogP contribution is -2.58. The lowest BCUT2D eigenvalue weighted by Gasteiger charge is -2.33. The summed E-state index contributed by atoms with van der Waals surface area (Å²) in [6.07, 6.45) is -1.39. The van der Waals surface area contributed by atoms with Gasteiger partial charge in [-0.15, -0.1) is 11.8 Å². The van der Waals surface area contributed by atoms with Crippen molar-refractivity contribution in [3.05, 3.63) is 88.8 Å². The van der Waals surface area contributed by atoms with E-state index in [1.54, 1.807) is 6.92 Å². The fraction of sp³-hybridized carbons (Fsp3) is 0.379. The highest BCUT2D eigenvalue weighted by Gasteiger charge is 2.49. The van der Waals surface area contributed by atoms with Crippen molar-refractivity contribution < 1.29 is 24.0 Å². The first-order valence-corrected chi connectivity index (χ1v) is 13.8. The zero-order valence-electron chi connectivity index (χ0n) is 22.5. The molecule has 1 saturated heterocycles. The second kappa shape index (κ2) is 12.0. The summed E-state index contributed by atoms with van der Waals surface area (Å²) in [5.41, 5.74) is 2.93. The fourth-order valence-electron chi connectivity index (χ4n) is 4.67. The van der Waals surface area contributed by atoms with E-state index >= 15 is 0 Å². The summed E-state index contributed by atoms with van der Waals surface area (Å²) in [7, 11) is 0. The molecule has 4 rings (SSSR count). The van der Waals surface area contributed by atoms with Gasteiger partial charge in [0.15, 0.2) is 11.8 Å². The van der Waals surface area contributed by atoms with Gasteiger partial charge in [0.2, 0.25) is 5.91 Å².